The summed E-state index contributed by atoms with van der Waals surface area (Å²) in [5.41, 5.74) is 1.51. The molecule has 3 rings (SSSR count). The molecular weight excluding hydrogens is 307 g/mol. The number of nitriles is 1. The van der Waals surface area contributed by atoms with Crippen LogP contribution in [0.15, 0.2) is 36.5 Å². The molecule has 0 atom stereocenters. The van der Waals surface area contributed by atoms with E-state index >= 15 is 0 Å². The fourth-order valence-corrected chi connectivity index (χ4v) is 2.84. The Balaban J connectivity index is 1.56. The van der Waals surface area contributed by atoms with Gasteiger partial charge < -0.3 is 9.64 Å². The summed E-state index contributed by atoms with van der Waals surface area (Å²) in [6.45, 7) is 4.20. The lowest BCUT2D eigenvalue weighted by Crippen LogP contribution is -2.46. The molecule has 0 N–H and O–H groups in total. The first-order chi connectivity index (χ1) is 11.7. The third-order valence-electron chi connectivity index (χ3n) is 4.20. The van der Waals surface area contributed by atoms with E-state index in [1.807, 2.05) is 12.1 Å². The van der Waals surface area contributed by atoms with Gasteiger partial charge in [-0.15, -0.1) is 0 Å². The fraction of sp³-hybridized carbons (Fsp3) is 0.333. The predicted molar refractivity (Wildman–Crippen MR) is 89.4 cm³/mol. The molecule has 6 heteroatoms. The van der Waals surface area contributed by atoms with Crippen LogP contribution in [0, 0.1) is 17.1 Å². The number of ether oxygens (including phenoxy) is 1. The summed E-state index contributed by atoms with van der Waals surface area (Å²) in [7, 11) is 1.47. The Morgan fingerprint density at radius 1 is 1.21 bits per heavy atom. The quantitative estimate of drug-likeness (QED) is 0.864. The fourth-order valence-electron chi connectivity index (χ4n) is 2.84. The summed E-state index contributed by atoms with van der Waals surface area (Å²) in [5.74, 6) is 0.843. The second-order valence-corrected chi connectivity index (χ2v) is 5.75. The van der Waals surface area contributed by atoms with E-state index in [-0.39, 0.29) is 11.6 Å². The van der Waals surface area contributed by atoms with Gasteiger partial charge in [0, 0.05) is 38.9 Å². The van der Waals surface area contributed by atoms with Gasteiger partial charge in [0.25, 0.3) is 0 Å². The molecule has 2 aromatic rings. The smallest absolute Gasteiger partial charge is 0.165 e. The summed E-state index contributed by atoms with van der Waals surface area (Å²) in [4.78, 5) is 8.83. The zero-order chi connectivity index (χ0) is 16.9. The SMILES string of the molecule is COc1ccc(CN2CCN(c3ccc(C#N)cn3)CC2)cc1F. The Bertz CT molecular complexity index is 734. The van der Waals surface area contributed by atoms with Gasteiger partial charge in [-0.3, -0.25) is 4.90 Å². The van der Waals surface area contributed by atoms with Gasteiger partial charge >= 0.3 is 0 Å². The average Bonchev–Trinajstić information content (AvgIpc) is 2.63. The molecule has 0 aliphatic carbocycles. The molecule has 2 heterocycles. The maximum absolute atomic E-state index is 13.8. The van der Waals surface area contributed by atoms with Crippen molar-refractivity contribution in [3.05, 3.63) is 53.5 Å². The second-order valence-electron chi connectivity index (χ2n) is 5.75. The summed E-state index contributed by atoms with van der Waals surface area (Å²) in [6.07, 6.45) is 1.60. The van der Waals surface area contributed by atoms with Gasteiger partial charge in [0.1, 0.15) is 11.9 Å². The number of nitrogens with zero attached hydrogens (tertiary/aromatic N) is 4. The number of piperazine rings is 1. The van der Waals surface area contributed by atoms with Crippen molar-refractivity contribution in [2.24, 2.45) is 0 Å². The van der Waals surface area contributed by atoms with Crippen LogP contribution in [0.3, 0.4) is 0 Å². The number of benzene rings is 1. The predicted octanol–water partition coefficient (Wildman–Crippen LogP) is 2.42. The highest BCUT2D eigenvalue weighted by molar-refractivity contribution is 5.42. The minimum absolute atomic E-state index is 0.274. The van der Waals surface area contributed by atoms with Crippen LogP contribution in [0.2, 0.25) is 0 Å². The van der Waals surface area contributed by atoms with Crippen molar-refractivity contribution in [1.82, 2.24) is 9.88 Å². The van der Waals surface area contributed by atoms with Crippen molar-refractivity contribution in [2.75, 3.05) is 38.2 Å². The maximum Gasteiger partial charge on any atom is 0.165 e. The number of halogens is 1. The first-order valence-electron chi connectivity index (χ1n) is 7.85. The number of anilines is 1. The molecule has 1 aliphatic heterocycles. The normalized spacial score (nSPS) is 15.1. The van der Waals surface area contributed by atoms with Gasteiger partial charge in [-0.1, -0.05) is 6.07 Å². The molecule has 0 bridgehead atoms. The third-order valence-corrected chi connectivity index (χ3v) is 4.20. The maximum atomic E-state index is 13.8. The summed E-state index contributed by atoms with van der Waals surface area (Å²) in [5, 5.41) is 8.82. The molecule has 0 radical (unpaired) electrons. The molecular formula is C18H19FN4O. The van der Waals surface area contributed by atoms with Crippen molar-refractivity contribution in [3.8, 4) is 11.8 Å². The Morgan fingerprint density at radius 2 is 2.00 bits per heavy atom. The molecule has 1 saturated heterocycles. The highest BCUT2D eigenvalue weighted by atomic mass is 19.1. The van der Waals surface area contributed by atoms with Crippen LogP contribution < -0.4 is 9.64 Å². The van der Waals surface area contributed by atoms with E-state index in [0.717, 1.165) is 44.1 Å². The monoisotopic (exact) mass is 326 g/mol. The van der Waals surface area contributed by atoms with Crippen LogP contribution in [0.25, 0.3) is 0 Å². The van der Waals surface area contributed by atoms with E-state index in [1.165, 1.54) is 13.2 Å². The Kier molecular flexibility index (Phi) is 4.92. The summed E-state index contributed by atoms with van der Waals surface area (Å²) in [6, 6.07) is 10.8. The van der Waals surface area contributed by atoms with Crippen molar-refractivity contribution in [3.63, 3.8) is 0 Å². The van der Waals surface area contributed by atoms with Crippen molar-refractivity contribution < 1.29 is 9.13 Å². The molecule has 1 fully saturated rings. The van der Waals surface area contributed by atoms with E-state index in [9.17, 15) is 4.39 Å². The first kappa shape index (κ1) is 16.2. The number of pyridine rings is 1. The highest BCUT2D eigenvalue weighted by Crippen LogP contribution is 2.20. The van der Waals surface area contributed by atoms with Crippen molar-refractivity contribution >= 4 is 5.82 Å². The lowest BCUT2D eigenvalue weighted by atomic mass is 10.2. The van der Waals surface area contributed by atoms with Crippen LogP contribution in [-0.2, 0) is 6.54 Å². The Hall–Kier alpha value is -2.65. The molecule has 1 aromatic heterocycles. The second kappa shape index (κ2) is 7.28. The van der Waals surface area contributed by atoms with Gasteiger partial charge in [0.15, 0.2) is 11.6 Å². The number of rotatable bonds is 4. The number of hydrogen-bond acceptors (Lipinski definition) is 5. The number of methoxy groups -OCH3 is 1. The average molecular weight is 326 g/mol. The zero-order valence-corrected chi connectivity index (χ0v) is 13.6. The zero-order valence-electron chi connectivity index (χ0n) is 13.6. The van der Waals surface area contributed by atoms with Gasteiger partial charge in [0.05, 0.1) is 12.7 Å². The molecule has 1 aromatic carbocycles. The molecule has 1 aliphatic rings. The largest absolute Gasteiger partial charge is 0.494 e. The van der Waals surface area contributed by atoms with Crippen LogP contribution in [-0.4, -0.2) is 43.2 Å². The standard InChI is InChI=1S/C18H19FN4O/c1-24-17-4-2-14(10-16(17)19)13-22-6-8-23(9-7-22)18-5-3-15(11-20)12-21-18/h2-5,10,12H,6-9,13H2,1H3. The van der Waals surface area contributed by atoms with Crippen LogP contribution in [0.1, 0.15) is 11.1 Å². The third kappa shape index (κ3) is 3.63. The molecule has 124 valence electrons. The van der Waals surface area contributed by atoms with Gasteiger partial charge in [-0.25, -0.2) is 9.37 Å². The molecule has 0 spiro atoms. The van der Waals surface area contributed by atoms with Crippen LogP contribution in [0.4, 0.5) is 10.2 Å². The summed E-state index contributed by atoms with van der Waals surface area (Å²) >= 11 is 0. The van der Waals surface area contributed by atoms with E-state index in [4.69, 9.17) is 10.00 Å². The van der Waals surface area contributed by atoms with Gasteiger partial charge in [0.2, 0.25) is 0 Å². The van der Waals surface area contributed by atoms with Crippen LogP contribution >= 0.6 is 0 Å². The highest BCUT2D eigenvalue weighted by Gasteiger charge is 2.18. The summed E-state index contributed by atoms with van der Waals surface area (Å²) < 4.78 is 18.7. The van der Waals surface area contributed by atoms with Gasteiger partial charge in [-0.2, -0.15) is 5.26 Å². The van der Waals surface area contributed by atoms with E-state index in [2.05, 4.69) is 20.9 Å². The topological polar surface area (TPSA) is 52.4 Å². The lowest BCUT2D eigenvalue weighted by molar-refractivity contribution is 0.249. The first-order valence-corrected chi connectivity index (χ1v) is 7.85. The molecule has 24 heavy (non-hydrogen) atoms. The van der Waals surface area contributed by atoms with Crippen LogP contribution in [0.5, 0.6) is 5.75 Å². The van der Waals surface area contributed by atoms with Gasteiger partial charge in [-0.05, 0) is 29.8 Å². The Labute approximate surface area is 140 Å². The molecule has 0 amide bonds. The molecule has 5 nitrogen and oxygen atoms in total. The minimum atomic E-state index is -0.324. The van der Waals surface area contributed by atoms with Crippen molar-refractivity contribution in [2.45, 2.75) is 6.54 Å². The molecule has 0 saturated carbocycles. The number of aromatic nitrogens is 1. The minimum Gasteiger partial charge on any atom is -0.494 e. The lowest BCUT2D eigenvalue weighted by Gasteiger charge is -2.35. The van der Waals surface area contributed by atoms with E-state index < -0.39 is 0 Å². The van der Waals surface area contributed by atoms with E-state index in [1.54, 1.807) is 18.3 Å². The van der Waals surface area contributed by atoms with E-state index in [0.29, 0.717) is 5.56 Å². The van der Waals surface area contributed by atoms with Crippen molar-refractivity contribution in [1.29, 1.82) is 5.26 Å². The number of hydrogen-bond donors (Lipinski definition) is 0. The Morgan fingerprint density at radius 3 is 2.58 bits per heavy atom. The molecule has 0 unspecified atom stereocenters.